The van der Waals surface area contributed by atoms with Gasteiger partial charge in [-0.2, -0.15) is 0 Å². The summed E-state index contributed by atoms with van der Waals surface area (Å²) in [4.78, 5) is 0. The Bertz CT molecular complexity index is 497. The number of hydrazine groups is 1. The van der Waals surface area contributed by atoms with E-state index in [-0.39, 0.29) is 0 Å². The summed E-state index contributed by atoms with van der Waals surface area (Å²) in [7, 11) is 0. The van der Waals surface area contributed by atoms with Crippen LogP contribution in [0.1, 0.15) is 24.0 Å². The summed E-state index contributed by atoms with van der Waals surface area (Å²) >= 11 is 10.3. The zero-order chi connectivity index (χ0) is 13.8. The number of rotatable bonds is 2. The standard InChI is InChI=1S/C13H18N4S2/c1-8-3-6-11(9(2)7-8)15-13(19)17-16-12(18)14-10-4-5-10/h3,6-7,10H,4-5H2,1-2H3,(H2,14,16,18)(H2,15,17,19). The van der Waals surface area contributed by atoms with Gasteiger partial charge in [0.2, 0.25) is 0 Å². The smallest absolute Gasteiger partial charge is 0.189 e. The highest BCUT2D eigenvalue weighted by molar-refractivity contribution is 7.80. The lowest BCUT2D eigenvalue weighted by Gasteiger charge is -2.15. The second-order valence-electron chi connectivity index (χ2n) is 4.77. The Labute approximate surface area is 124 Å². The van der Waals surface area contributed by atoms with E-state index in [4.69, 9.17) is 24.4 Å². The van der Waals surface area contributed by atoms with Crippen molar-refractivity contribution in [2.24, 2.45) is 0 Å². The van der Waals surface area contributed by atoms with Gasteiger partial charge in [-0.25, -0.2) is 0 Å². The summed E-state index contributed by atoms with van der Waals surface area (Å²) in [6, 6.07) is 6.70. The number of hydrogen-bond acceptors (Lipinski definition) is 2. The van der Waals surface area contributed by atoms with Gasteiger partial charge in [-0.15, -0.1) is 0 Å². The van der Waals surface area contributed by atoms with E-state index in [1.807, 2.05) is 19.1 Å². The topological polar surface area (TPSA) is 48.1 Å². The zero-order valence-corrected chi connectivity index (χ0v) is 12.7. The van der Waals surface area contributed by atoms with Gasteiger partial charge in [-0.05, 0) is 62.8 Å². The molecular weight excluding hydrogens is 276 g/mol. The van der Waals surface area contributed by atoms with Crippen molar-refractivity contribution in [3.63, 3.8) is 0 Å². The highest BCUT2D eigenvalue weighted by atomic mass is 32.1. The molecule has 19 heavy (non-hydrogen) atoms. The molecule has 0 bridgehead atoms. The first-order valence-corrected chi connectivity index (χ1v) is 7.07. The largest absolute Gasteiger partial charge is 0.359 e. The van der Waals surface area contributed by atoms with Gasteiger partial charge in [0, 0.05) is 11.7 Å². The van der Waals surface area contributed by atoms with E-state index in [9.17, 15) is 0 Å². The summed E-state index contributed by atoms with van der Waals surface area (Å²) in [5.74, 6) is 0. The van der Waals surface area contributed by atoms with Gasteiger partial charge in [0.05, 0.1) is 0 Å². The van der Waals surface area contributed by atoms with Gasteiger partial charge >= 0.3 is 0 Å². The Morgan fingerprint density at radius 2 is 1.79 bits per heavy atom. The maximum atomic E-state index is 5.20. The molecule has 0 aromatic heterocycles. The maximum Gasteiger partial charge on any atom is 0.189 e. The third-order valence-corrected chi connectivity index (χ3v) is 3.26. The average Bonchev–Trinajstić information content (AvgIpc) is 3.14. The zero-order valence-electron chi connectivity index (χ0n) is 11.0. The van der Waals surface area contributed by atoms with E-state index in [1.54, 1.807) is 0 Å². The molecule has 1 aliphatic carbocycles. The second kappa shape index (κ2) is 6.16. The van der Waals surface area contributed by atoms with Crippen molar-refractivity contribution in [2.45, 2.75) is 32.7 Å². The maximum absolute atomic E-state index is 5.20. The first-order valence-electron chi connectivity index (χ1n) is 6.25. The summed E-state index contributed by atoms with van der Waals surface area (Å²) < 4.78 is 0. The van der Waals surface area contributed by atoms with E-state index in [0.717, 1.165) is 11.3 Å². The molecule has 0 amide bonds. The van der Waals surface area contributed by atoms with Crippen LogP contribution in [0, 0.1) is 13.8 Å². The number of anilines is 1. The van der Waals surface area contributed by atoms with Crippen molar-refractivity contribution < 1.29 is 0 Å². The van der Waals surface area contributed by atoms with Crippen molar-refractivity contribution in [3.8, 4) is 0 Å². The Balaban J connectivity index is 1.78. The van der Waals surface area contributed by atoms with E-state index >= 15 is 0 Å². The molecule has 0 aliphatic heterocycles. The minimum absolute atomic E-state index is 0.492. The molecule has 0 spiro atoms. The van der Waals surface area contributed by atoms with Gasteiger partial charge in [-0.3, -0.25) is 10.9 Å². The number of hydrogen-bond donors (Lipinski definition) is 4. The van der Waals surface area contributed by atoms with Crippen LogP contribution < -0.4 is 21.5 Å². The van der Waals surface area contributed by atoms with Crippen molar-refractivity contribution in [1.29, 1.82) is 0 Å². The second-order valence-corrected chi connectivity index (χ2v) is 5.59. The molecule has 0 atom stereocenters. The fourth-order valence-corrected chi connectivity index (χ4v) is 2.05. The van der Waals surface area contributed by atoms with Crippen molar-refractivity contribution in [2.75, 3.05) is 5.32 Å². The average molecular weight is 294 g/mol. The number of nitrogens with one attached hydrogen (secondary N) is 4. The quantitative estimate of drug-likeness (QED) is 0.495. The van der Waals surface area contributed by atoms with Gasteiger partial charge in [0.25, 0.3) is 0 Å². The number of benzene rings is 1. The van der Waals surface area contributed by atoms with Crippen LogP contribution in [0.3, 0.4) is 0 Å². The van der Waals surface area contributed by atoms with Crippen molar-refractivity contribution in [1.82, 2.24) is 16.2 Å². The lowest BCUT2D eigenvalue weighted by molar-refractivity contribution is 0.805. The van der Waals surface area contributed by atoms with Gasteiger partial charge in [-0.1, -0.05) is 17.7 Å². The molecule has 1 saturated carbocycles. The Hall–Kier alpha value is -1.40. The van der Waals surface area contributed by atoms with Gasteiger partial charge in [0.15, 0.2) is 10.2 Å². The molecule has 0 unspecified atom stereocenters. The van der Waals surface area contributed by atoms with Crippen LogP contribution in [0.25, 0.3) is 0 Å². The van der Waals surface area contributed by atoms with Crippen molar-refractivity contribution in [3.05, 3.63) is 29.3 Å². The summed E-state index contributed by atoms with van der Waals surface area (Å²) in [6.45, 7) is 4.11. The normalized spacial score (nSPS) is 13.6. The number of aryl methyl sites for hydroxylation is 2. The SMILES string of the molecule is Cc1ccc(NC(=S)NNC(=S)NC2CC2)c(C)c1. The predicted molar refractivity (Wildman–Crippen MR) is 87.2 cm³/mol. The molecule has 0 saturated heterocycles. The number of thiocarbonyl (C=S) groups is 2. The van der Waals surface area contributed by atoms with E-state index in [1.165, 1.54) is 18.4 Å². The van der Waals surface area contributed by atoms with Crippen LogP contribution in [0.2, 0.25) is 0 Å². The highest BCUT2D eigenvalue weighted by Gasteiger charge is 2.21. The Morgan fingerprint density at radius 1 is 1.11 bits per heavy atom. The molecule has 4 nitrogen and oxygen atoms in total. The molecule has 102 valence electrons. The molecule has 0 radical (unpaired) electrons. The fourth-order valence-electron chi connectivity index (χ4n) is 1.67. The third kappa shape index (κ3) is 4.65. The molecule has 1 fully saturated rings. The molecule has 1 aliphatic rings. The Kier molecular flexibility index (Phi) is 4.55. The first kappa shape index (κ1) is 14.0. The van der Waals surface area contributed by atoms with Crippen molar-refractivity contribution >= 4 is 40.3 Å². The Morgan fingerprint density at radius 3 is 2.42 bits per heavy atom. The summed E-state index contributed by atoms with van der Waals surface area (Å²) in [5.41, 5.74) is 9.12. The molecule has 1 aromatic carbocycles. The van der Waals surface area contributed by atoms with Crippen LogP contribution in [0.15, 0.2) is 18.2 Å². The van der Waals surface area contributed by atoms with Crippen LogP contribution in [0.5, 0.6) is 0 Å². The monoisotopic (exact) mass is 294 g/mol. The van der Waals surface area contributed by atoms with E-state index in [2.05, 4.69) is 34.5 Å². The first-order chi connectivity index (χ1) is 9.04. The van der Waals surface area contributed by atoms with Crippen LogP contribution >= 0.6 is 24.4 Å². The predicted octanol–water partition coefficient (Wildman–Crippen LogP) is 2.13. The van der Waals surface area contributed by atoms with E-state index < -0.39 is 0 Å². The molecule has 2 rings (SSSR count). The molecular formula is C13H18N4S2. The highest BCUT2D eigenvalue weighted by Crippen LogP contribution is 2.18. The minimum atomic E-state index is 0.492. The van der Waals surface area contributed by atoms with Gasteiger partial charge in [0.1, 0.15) is 0 Å². The van der Waals surface area contributed by atoms with E-state index in [0.29, 0.717) is 16.3 Å². The van der Waals surface area contributed by atoms with Gasteiger partial charge < -0.3 is 10.6 Å². The lowest BCUT2D eigenvalue weighted by Crippen LogP contribution is -2.48. The molecule has 1 aromatic rings. The molecule has 4 N–H and O–H groups in total. The van der Waals surface area contributed by atoms with Crippen LogP contribution in [0.4, 0.5) is 5.69 Å². The minimum Gasteiger partial charge on any atom is -0.359 e. The lowest BCUT2D eigenvalue weighted by atomic mass is 10.1. The third-order valence-electron chi connectivity index (χ3n) is 2.83. The fraction of sp³-hybridized carbons (Fsp3) is 0.385. The molecule has 6 heteroatoms. The summed E-state index contributed by atoms with van der Waals surface area (Å²) in [6.07, 6.45) is 2.38. The van der Waals surface area contributed by atoms with Crippen LogP contribution in [-0.4, -0.2) is 16.3 Å². The summed E-state index contributed by atoms with van der Waals surface area (Å²) in [5, 5.41) is 7.36. The molecule has 0 heterocycles. The van der Waals surface area contributed by atoms with Crippen LogP contribution in [-0.2, 0) is 0 Å².